The van der Waals surface area contributed by atoms with Crippen LogP contribution in [0.25, 0.3) is 0 Å². The second-order valence-corrected chi connectivity index (χ2v) is 4.31. The van der Waals surface area contributed by atoms with Crippen molar-refractivity contribution in [2.75, 3.05) is 25.4 Å². The van der Waals surface area contributed by atoms with Crippen molar-refractivity contribution >= 4 is 5.69 Å². The fraction of sp³-hybridized carbons (Fsp3) is 0.545. The molecular weight excluding hydrogens is 245 g/mol. The van der Waals surface area contributed by atoms with Gasteiger partial charge in [0.05, 0.1) is 18.4 Å². The summed E-state index contributed by atoms with van der Waals surface area (Å²) >= 11 is 0. The lowest BCUT2D eigenvalue weighted by atomic mass is 10.1. The molecule has 0 saturated carbocycles. The second-order valence-electron chi connectivity index (χ2n) is 4.31. The van der Waals surface area contributed by atoms with Crippen LogP contribution in [0.3, 0.4) is 0 Å². The Labute approximate surface area is 103 Å². The Kier molecular flexibility index (Phi) is 3.60. The van der Waals surface area contributed by atoms with Gasteiger partial charge in [-0.25, -0.2) is 0 Å². The minimum absolute atomic E-state index is 0.0603. The number of halogens is 3. The van der Waals surface area contributed by atoms with Crippen molar-refractivity contribution in [2.45, 2.75) is 19.1 Å². The van der Waals surface area contributed by atoms with Gasteiger partial charge >= 0.3 is 6.18 Å². The van der Waals surface area contributed by atoms with Crippen LogP contribution in [0, 0.1) is 0 Å². The molecule has 100 valence electrons. The van der Waals surface area contributed by atoms with Crippen molar-refractivity contribution in [2.24, 2.45) is 0 Å². The van der Waals surface area contributed by atoms with Gasteiger partial charge in [-0.2, -0.15) is 18.3 Å². The molecule has 4 nitrogen and oxygen atoms in total. The number of anilines is 1. The number of alkyl halides is 3. The van der Waals surface area contributed by atoms with E-state index in [0.717, 1.165) is 0 Å². The number of hydrogen-bond donors (Lipinski definition) is 1. The van der Waals surface area contributed by atoms with Crippen LogP contribution in [-0.4, -0.2) is 40.5 Å². The molecule has 1 aliphatic rings. The Balaban J connectivity index is 1.82. The van der Waals surface area contributed by atoms with Gasteiger partial charge in [0.25, 0.3) is 0 Å². The minimum atomic E-state index is -4.18. The highest BCUT2D eigenvalue weighted by Gasteiger charge is 2.34. The first-order valence-electron chi connectivity index (χ1n) is 5.71. The van der Waals surface area contributed by atoms with E-state index in [1.165, 1.54) is 6.08 Å². The maximum Gasteiger partial charge on any atom is 0.412 e. The number of rotatable bonds is 3. The Morgan fingerprint density at radius 3 is 2.61 bits per heavy atom. The molecule has 0 unspecified atom stereocenters. The normalized spacial score (nSPS) is 17.8. The van der Waals surface area contributed by atoms with E-state index in [1.807, 2.05) is 4.90 Å². The van der Waals surface area contributed by atoms with E-state index >= 15 is 0 Å². The molecule has 7 heteroatoms. The van der Waals surface area contributed by atoms with Gasteiger partial charge in [-0.05, 0) is 6.42 Å². The van der Waals surface area contributed by atoms with Gasteiger partial charge in [-0.15, -0.1) is 0 Å². The highest BCUT2D eigenvalue weighted by Crippen LogP contribution is 2.29. The molecule has 1 aliphatic heterocycles. The van der Waals surface area contributed by atoms with Gasteiger partial charge in [0, 0.05) is 31.4 Å². The monoisotopic (exact) mass is 260 g/mol. The molecule has 1 aromatic rings. The summed E-state index contributed by atoms with van der Waals surface area (Å²) in [5, 5.41) is 4.02. The summed E-state index contributed by atoms with van der Waals surface area (Å²) in [6.07, 6.45) is 0.410. The number of nitrogen functional groups attached to an aromatic ring is 1. The Morgan fingerprint density at radius 2 is 2.11 bits per heavy atom. The topological polar surface area (TPSA) is 47.1 Å². The smallest absolute Gasteiger partial charge is 0.396 e. The molecule has 1 aromatic heterocycles. The number of aromatic nitrogens is 2. The predicted octanol–water partition coefficient (Wildman–Crippen LogP) is 1.66. The SMILES string of the molecule is Nc1cnn(CCN2CC=C(C(F)(F)F)CC2)c1. The summed E-state index contributed by atoms with van der Waals surface area (Å²) in [7, 11) is 0. The molecule has 0 radical (unpaired) electrons. The van der Waals surface area contributed by atoms with Crippen molar-refractivity contribution < 1.29 is 13.2 Å². The summed E-state index contributed by atoms with van der Waals surface area (Å²) in [5.74, 6) is 0. The van der Waals surface area contributed by atoms with Crippen molar-refractivity contribution in [3.8, 4) is 0 Å². The molecule has 0 spiro atoms. The number of nitrogens with two attached hydrogens (primary N) is 1. The number of nitrogens with zero attached hydrogens (tertiary/aromatic N) is 3. The Morgan fingerprint density at radius 1 is 1.33 bits per heavy atom. The average molecular weight is 260 g/mol. The third kappa shape index (κ3) is 3.25. The minimum Gasteiger partial charge on any atom is -0.396 e. The van der Waals surface area contributed by atoms with Crippen molar-refractivity contribution in [3.63, 3.8) is 0 Å². The van der Waals surface area contributed by atoms with Crippen LogP contribution in [0.4, 0.5) is 18.9 Å². The van der Waals surface area contributed by atoms with Crippen molar-refractivity contribution in [3.05, 3.63) is 24.0 Å². The number of hydrogen-bond acceptors (Lipinski definition) is 3. The zero-order valence-electron chi connectivity index (χ0n) is 9.82. The largest absolute Gasteiger partial charge is 0.412 e. The zero-order chi connectivity index (χ0) is 13.2. The Hall–Kier alpha value is -1.50. The highest BCUT2D eigenvalue weighted by molar-refractivity contribution is 5.30. The summed E-state index contributed by atoms with van der Waals surface area (Å²) in [6.45, 7) is 2.07. The van der Waals surface area contributed by atoms with Gasteiger partial charge in [-0.1, -0.05) is 6.08 Å². The molecule has 0 fully saturated rings. The Bertz CT molecular complexity index is 436. The third-order valence-electron chi connectivity index (χ3n) is 2.96. The first-order chi connectivity index (χ1) is 8.45. The quantitative estimate of drug-likeness (QED) is 0.841. The van der Waals surface area contributed by atoms with E-state index in [1.54, 1.807) is 17.1 Å². The summed E-state index contributed by atoms with van der Waals surface area (Å²) in [5.41, 5.74) is 5.70. The lowest BCUT2D eigenvalue weighted by molar-refractivity contribution is -0.0960. The van der Waals surface area contributed by atoms with E-state index < -0.39 is 11.7 Å². The van der Waals surface area contributed by atoms with E-state index in [0.29, 0.717) is 31.9 Å². The van der Waals surface area contributed by atoms with E-state index in [4.69, 9.17) is 5.73 Å². The molecule has 2 N–H and O–H groups in total. The maximum atomic E-state index is 12.4. The molecule has 0 aromatic carbocycles. The van der Waals surface area contributed by atoms with Gasteiger partial charge in [0.15, 0.2) is 0 Å². The van der Waals surface area contributed by atoms with Crippen LogP contribution in [0.15, 0.2) is 24.0 Å². The highest BCUT2D eigenvalue weighted by atomic mass is 19.4. The molecule has 0 bridgehead atoms. The molecule has 2 heterocycles. The van der Waals surface area contributed by atoms with Crippen LogP contribution < -0.4 is 5.73 Å². The zero-order valence-corrected chi connectivity index (χ0v) is 9.82. The van der Waals surface area contributed by atoms with Gasteiger partial charge in [0.2, 0.25) is 0 Å². The molecule has 2 rings (SSSR count). The summed E-state index contributed by atoms with van der Waals surface area (Å²) in [6, 6.07) is 0. The predicted molar refractivity (Wildman–Crippen MR) is 61.8 cm³/mol. The lowest BCUT2D eigenvalue weighted by Gasteiger charge is -2.26. The average Bonchev–Trinajstić information content (AvgIpc) is 2.72. The maximum absolute atomic E-state index is 12.4. The van der Waals surface area contributed by atoms with E-state index in [9.17, 15) is 13.2 Å². The van der Waals surface area contributed by atoms with Crippen LogP contribution in [0.1, 0.15) is 6.42 Å². The van der Waals surface area contributed by atoms with Gasteiger partial charge in [0.1, 0.15) is 0 Å². The van der Waals surface area contributed by atoms with Gasteiger partial charge in [-0.3, -0.25) is 9.58 Å². The summed E-state index contributed by atoms with van der Waals surface area (Å²) < 4.78 is 38.9. The van der Waals surface area contributed by atoms with Gasteiger partial charge < -0.3 is 5.73 Å². The standard InChI is InChI=1S/C11H15F3N4/c12-11(13,14)9-1-3-17(4-2-9)5-6-18-8-10(15)7-16-18/h1,7-8H,2-6,15H2. The van der Waals surface area contributed by atoms with Crippen molar-refractivity contribution in [1.82, 2.24) is 14.7 Å². The van der Waals surface area contributed by atoms with Crippen LogP contribution in [0.2, 0.25) is 0 Å². The first kappa shape index (κ1) is 12.9. The van der Waals surface area contributed by atoms with E-state index in [-0.39, 0.29) is 6.42 Å². The third-order valence-corrected chi connectivity index (χ3v) is 2.96. The lowest BCUT2D eigenvalue weighted by Crippen LogP contribution is -2.34. The molecule has 18 heavy (non-hydrogen) atoms. The van der Waals surface area contributed by atoms with Crippen LogP contribution >= 0.6 is 0 Å². The van der Waals surface area contributed by atoms with Crippen LogP contribution in [0.5, 0.6) is 0 Å². The second kappa shape index (κ2) is 5.01. The molecule has 0 atom stereocenters. The fourth-order valence-electron chi connectivity index (χ4n) is 1.92. The van der Waals surface area contributed by atoms with Crippen LogP contribution in [-0.2, 0) is 6.54 Å². The molecule has 0 amide bonds. The first-order valence-corrected chi connectivity index (χ1v) is 5.71. The molecule has 0 saturated heterocycles. The molecular formula is C11H15F3N4. The van der Waals surface area contributed by atoms with E-state index in [2.05, 4.69) is 5.10 Å². The molecule has 0 aliphatic carbocycles. The van der Waals surface area contributed by atoms with Crippen molar-refractivity contribution in [1.29, 1.82) is 0 Å². The summed E-state index contributed by atoms with van der Waals surface area (Å²) in [4.78, 5) is 1.97. The fourth-order valence-corrected chi connectivity index (χ4v) is 1.92.